The molecular formula is C21H26N2O4. The van der Waals surface area contributed by atoms with E-state index in [1.165, 1.54) is 17.7 Å². The molecule has 6 heteroatoms. The van der Waals surface area contributed by atoms with E-state index in [1.807, 2.05) is 12.1 Å². The fourth-order valence-electron chi connectivity index (χ4n) is 3.69. The number of hydrogen-bond acceptors (Lipinski definition) is 4. The van der Waals surface area contributed by atoms with Crippen molar-refractivity contribution in [2.45, 2.75) is 51.0 Å². The number of ether oxygens (including phenoxy) is 1. The minimum Gasteiger partial charge on any atom is -0.456 e. The standard InChI is InChI=1S/C21H26N2O4/c1-15-17-10-6-7-11-18(17)21(26)23(15)13-12-20(25)27-14-19(24)22-16-8-4-2-3-5-9-16/h6-7,10-11,16H,1-5,8-9,12-14H2,(H,22,24). The van der Waals surface area contributed by atoms with Crippen molar-refractivity contribution in [1.82, 2.24) is 10.2 Å². The Balaban J connectivity index is 1.40. The highest BCUT2D eigenvalue weighted by atomic mass is 16.5. The number of rotatable bonds is 6. The molecule has 1 aromatic carbocycles. The van der Waals surface area contributed by atoms with Crippen LogP contribution in [0.25, 0.3) is 5.70 Å². The van der Waals surface area contributed by atoms with Crippen LogP contribution >= 0.6 is 0 Å². The van der Waals surface area contributed by atoms with Gasteiger partial charge >= 0.3 is 5.97 Å². The number of amides is 2. The quantitative estimate of drug-likeness (QED) is 0.617. The maximum atomic E-state index is 12.4. The summed E-state index contributed by atoms with van der Waals surface area (Å²) >= 11 is 0. The molecule has 0 radical (unpaired) electrons. The van der Waals surface area contributed by atoms with E-state index in [-0.39, 0.29) is 37.4 Å². The van der Waals surface area contributed by atoms with Crippen molar-refractivity contribution in [1.29, 1.82) is 0 Å². The minimum atomic E-state index is -0.498. The Bertz CT molecular complexity index is 700. The third-order valence-corrected chi connectivity index (χ3v) is 5.16. The van der Waals surface area contributed by atoms with Crippen molar-refractivity contribution in [2.75, 3.05) is 13.2 Å². The lowest BCUT2D eigenvalue weighted by molar-refractivity contribution is -0.148. The Labute approximate surface area is 159 Å². The van der Waals surface area contributed by atoms with Gasteiger partial charge in [-0.2, -0.15) is 0 Å². The molecule has 27 heavy (non-hydrogen) atoms. The van der Waals surface area contributed by atoms with Gasteiger partial charge in [0.25, 0.3) is 11.8 Å². The van der Waals surface area contributed by atoms with Gasteiger partial charge in [0.15, 0.2) is 6.61 Å². The monoisotopic (exact) mass is 370 g/mol. The number of benzene rings is 1. The van der Waals surface area contributed by atoms with Gasteiger partial charge in [0, 0.05) is 29.4 Å². The third kappa shape index (κ3) is 4.76. The maximum absolute atomic E-state index is 12.4. The van der Waals surface area contributed by atoms with Crippen molar-refractivity contribution in [3.63, 3.8) is 0 Å². The first-order valence-electron chi connectivity index (χ1n) is 9.61. The van der Waals surface area contributed by atoms with Crippen LogP contribution < -0.4 is 5.32 Å². The highest BCUT2D eigenvalue weighted by molar-refractivity contribution is 6.08. The van der Waals surface area contributed by atoms with Crippen LogP contribution in [-0.2, 0) is 14.3 Å². The summed E-state index contributed by atoms with van der Waals surface area (Å²) in [6, 6.07) is 7.42. The summed E-state index contributed by atoms with van der Waals surface area (Å²) in [6.07, 6.45) is 6.67. The number of nitrogens with zero attached hydrogens (tertiary/aromatic N) is 1. The zero-order valence-corrected chi connectivity index (χ0v) is 15.5. The van der Waals surface area contributed by atoms with E-state index < -0.39 is 5.97 Å². The molecule has 6 nitrogen and oxygen atoms in total. The van der Waals surface area contributed by atoms with Gasteiger partial charge in [-0.3, -0.25) is 14.4 Å². The molecule has 1 saturated carbocycles. The summed E-state index contributed by atoms with van der Waals surface area (Å²) in [5, 5.41) is 2.94. The zero-order chi connectivity index (χ0) is 19.2. The fraction of sp³-hybridized carbons (Fsp3) is 0.476. The average Bonchev–Trinajstić information content (AvgIpc) is 2.84. The maximum Gasteiger partial charge on any atom is 0.308 e. The van der Waals surface area contributed by atoms with Crippen molar-refractivity contribution >= 4 is 23.5 Å². The van der Waals surface area contributed by atoms with Crippen LogP contribution in [0.3, 0.4) is 0 Å². The van der Waals surface area contributed by atoms with E-state index in [4.69, 9.17) is 4.74 Å². The van der Waals surface area contributed by atoms with Crippen LogP contribution in [0, 0.1) is 0 Å². The normalized spacial score (nSPS) is 17.4. The summed E-state index contributed by atoms with van der Waals surface area (Å²) < 4.78 is 5.07. The molecule has 1 aliphatic heterocycles. The van der Waals surface area contributed by atoms with Gasteiger partial charge in [0.1, 0.15) is 0 Å². The van der Waals surface area contributed by atoms with Gasteiger partial charge in [0.05, 0.1) is 6.42 Å². The van der Waals surface area contributed by atoms with E-state index in [1.54, 1.807) is 12.1 Å². The molecule has 1 aliphatic carbocycles. The third-order valence-electron chi connectivity index (χ3n) is 5.16. The summed E-state index contributed by atoms with van der Waals surface area (Å²) in [6.45, 7) is 3.86. The van der Waals surface area contributed by atoms with Crippen LogP contribution in [0.4, 0.5) is 0 Å². The highest BCUT2D eigenvalue weighted by Crippen LogP contribution is 2.31. The second-order valence-corrected chi connectivity index (χ2v) is 7.12. The number of hydrogen-bond donors (Lipinski definition) is 1. The van der Waals surface area contributed by atoms with E-state index >= 15 is 0 Å². The molecule has 0 unspecified atom stereocenters. The molecular weight excluding hydrogens is 344 g/mol. The summed E-state index contributed by atoms with van der Waals surface area (Å²) in [7, 11) is 0. The van der Waals surface area contributed by atoms with Crippen LogP contribution in [0.2, 0.25) is 0 Å². The molecule has 3 rings (SSSR count). The fourth-order valence-corrected chi connectivity index (χ4v) is 3.69. The van der Waals surface area contributed by atoms with Gasteiger partial charge in [-0.1, -0.05) is 50.5 Å². The number of fused-ring (bicyclic) bond motifs is 1. The summed E-state index contributed by atoms with van der Waals surface area (Å²) in [5.41, 5.74) is 1.98. The number of nitrogens with one attached hydrogen (secondary N) is 1. The molecule has 1 N–H and O–H groups in total. The van der Waals surface area contributed by atoms with Gasteiger partial charge in [-0.05, 0) is 18.9 Å². The van der Waals surface area contributed by atoms with Gasteiger partial charge in [-0.25, -0.2) is 0 Å². The zero-order valence-electron chi connectivity index (χ0n) is 15.5. The first-order chi connectivity index (χ1) is 13.1. The van der Waals surface area contributed by atoms with Crippen molar-refractivity contribution in [2.24, 2.45) is 0 Å². The van der Waals surface area contributed by atoms with Crippen LogP contribution in [-0.4, -0.2) is 41.9 Å². The number of carbonyl (C=O) groups is 3. The first kappa shape index (κ1) is 19.1. The molecule has 0 spiro atoms. The second-order valence-electron chi connectivity index (χ2n) is 7.12. The largest absolute Gasteiger partial charge is 0.456 e. The molecule has 0 saturated heterocycles. The molecule has 2 amide bonds. The van der Waals surface area contributed by atoms with Crippen molar-refractivity contribution in [3.05, 3.63) is 42.0 Å². The number of esters is 1. The van der Waals surface area contributed by atoms with Crippen molar-refractivity contribution < 1.29 is 19.1 Å². The van der Waals surface area contributed by atoms with E-state index in [0.29, 0.717) is 11.3 Å². The van der Waals surface area contributed by atoms with Gasteiger partial charge in [-0.15, -0.1) is 0 Å². The predicted molar refractivity (Wildman–Crippen MR) is 102 cm³/mol. The van der Waals surface area contributed by atoms with Crippen LogP contribution in [0.5, 0.6) is 0 Å². The lowest BCUT2D eigenvalue weighted by Crippen LogP contribution is -2.37. The van der Waals surface area contributed by atoms with Gasteiger partial charge < -0.3 is 15.0 Å². The molecule has 0 atom stereocenters. The first-order valence-corrected chi connectivity index (χ1v) is 9.61. The lowest BCUT2D eigenvalue weighted by Gasteiger charge is -2.17. The Hall–Kier alpha value is -2.63. The molecule has 2 aliphatic rings. The van der Waals surface area contributed by atoms with E-state index in [0.717, 1.165) is 31.2 Å². The topological polar surface area (TPSA) is 75.7 Å². The van der Waals surface area contributed by atoms with Crippen LogP contribution in [0.15, 0.2) is 30.8 Å². The SMILES string of the molecule is C=C1c2ccccc2C(=O)N1CCC(=O)OCC(=O)NC1CCCCCC1. The number of carbonyl (C=O) groups excluding carboxylic acids is 3. The molecule has 0 aromatic heterocycles. The van der Waals surface area contributed by atoms with E-state index in [9.17, 15) is 14.4 Å². The second kappa shape index (κ2) is 8.84. The summed E-state index contributed by atoms with van der Waals surface area (Å²) in [4.78, 5) is 37.8. The highest BCUT2D eigenvalue weighted by Gasteiger charge is 2.30. The smallest absolute Gasteiger partial charge is 0.308 e. The molecule has 1 fully saturated rings. The average molecular weight is 370 g/mol. The van der Waals surface area contributed by atoms with Crippen molar-refractivity contribution in [3.8, 4) is 0 Å². The van der Waals surface area contributed by atoms with Gasteiger partial charge in [0.2, 0.25) is 0 Å². The van der Waals surface area contributed by atoms with Crippen LogP contribution in [0.1, 0.15) is 60.9 Å². The summed E-state index contributed by atoms with van der Waals surface area (Å²) in [5.74, 6) is -0.915. The Morgan fingerprint density at radius 2 is 1.78 bits per heavy atom. The predicted octanol–water partition coefficient (Wildman–Crippen LogP) is 2.89. The Morgan fingerprint density at radius 1 is 1.11 bits per heavy atom. The Morgan fingerprint density at radius 3 is 2.44 bits per heavy atom. The molecule has 0 bridgehead atoms. The van der Waals surface area contributed by atoms with E-state index in [2.05, 4.69) is 11.9 Å². The molecule has 1 aromatic rings. The minimum absolute atomic E-state index is 0.0233. The Kier molecular flexibility index (Phi) is 6.27. The lowest BCUT2D eigenvalue weighted by atomic mass is 10.1. The molecule has 1 heterocycles. The molecule has 144 valence electrons.